The van der Waals surface area contributed by atoms with Crippen LogP contribution in [-0.4, -0.2) is 4.98 Å². The van der Waals surface area contributed by atoms with Gasteiger partial charge >= 0.3 is 0 Å². The molecule has 0 amide bonds. The fourth-order valence-corrected chi connectivity index (χ4v) is 0.277. The number of hydrogen-bond donors (Lipinski definition) is 0. The van der Waals surface area contributed by atoms with E-state index in [9.17, 15) is 0 Å². The molecule has 0 aliphatic carbocycles. The maximum absolute atomic E-state index is 7.25. The fraction of sp³-hybridized carbons (Fsp3) is 0. The first-order valence-corrected chi connectivity index (χ1v) is 1.94. The standard InChI is InChI=1S/C5H4N.NO.Y/c1-2-4-6-5-3-1;1-2;/h1-2,4-5H;;/q2*-1;. The number of rotatable bonds is 0. The molecule has 0 fully saturated rings. The number of nitroso groups, excluding NO2 is 1. The maximum atomic E-state index is 7.25. The van der Waals surface area contributed by atoms with Gasteiger partial charge in [0.25, 0.3) is 0 Å². The average molecular weight is 197 g/mol. The van der Waals surface area contributed by atoms with Crippen LogP contribution >= 0.6 is 0 Å². The second-order valence-corrected chi connectivity index (χ2v) is 0.953. The van der Waals surface area contributed by atoms with Crippen molar-refractivity contribution >= 4 is 0 Å². The van der Waals surface area contributed by atoms with Crippen LogP contribution in [0.25, 0.3) is 5.59 Å². The summed E-state index contributed by atoms with van der Waals surface area (Å²) in [6.45, 7) is 0. The minimum absolute atomic E-state index is 0. The summed E-state index contributed by atoms with van der Waals surface area (Å²) in [6.07, 6.45) is 3.34. The van der Waals surface area contributed by atoms with Gasteiger partial charge in [0.2, 0.25) is 0 Å². The minimum atomic E-state index is 0. The molecule has 1 heterocycles. The summed E-state index contributed by atoms with van der Waals surface area (Å²) in [5.74, 6) is 0. The molecule has 1 aromatic heterocycles. The Labute approximate surface area is 78.5 Å². The zero-order valence-electron chi connectivity index (χ0n) is 4.69. The molecule has 0 aliphatic rings. The van der Waals surface area contributed by atoms with E-state index < -0.39 is 0 Å². The summed E-state index contributed by atoms with van der Waals surface area (Å²) in [6, 6.07) is 6.43. The Morgan fingerprint density at radius 1 is 1.44 bits per heavy atom. The summed E-state index contributed by atoms with van der Waals surface area (Å²) in [5, 5.41) is 0. The zero-order valence-corrected chi connectivity index (χ0v) is 7.53. The second-order valence-electron chi connectivity index (χ2n) is 0.953. The van der Waals surface area contributed by atoms with E-state index in [1.54, 1.807) is 12.4 Å². The molecular formula is C5H4N2OY-2. The molecule has 0 atom stereocenters. The van der Waals surface area contributed by atoms with Gasteiger partial charge < -0.3 is 15.5 Å². The summed E-state index contributed by atoms with van der Waals surface area (Å²) in [7, 11) is 0. The Hall–Kier alpha value is -0.146. The van der Waals surface area contributed by atoms with Crippen molar-refractivity contribution in [1.29, 1.82) is 0 Å². The first-order valence-electron chi connectivity index (χ1n) is 1.94. The van der Waals surface area contributed by atoms with Gasteiger partial charge in [-0.05, 0) is 0 Å². The van der Waals surface area contributed by atoms with E-state index in [4.69, 9.17) is 10.5 Å². The van der Waals surface area contributed by atoms with Crippen molar-refractivity contribution in [3.8, 4) is 0 Å². The van der Waals surface area contributed by atoms with Crippen molar-refractivity contribution in [3.63, 3.8) is 0 Å². The molecule has 0 N–H and O–H groups in total. The van der Waals surface area contributed by atoms with Crippen LogP contribution in [0.2, 0.25) is 0 Å². The molecule has 9 heavy (non-hydrogen) atoms. The molecule has 3 nitrogen and oxygen atoms in total. The molecular weight excluding hydrogens is 193 g/mol. The Balaban J connectivity index is 0. The van der Waals surface area contributed by atoms with Crippen molar-refractivity contribution < 1.29 is 32.7 Å². The summed E-state index contributed by atoms with van der Waals surface area (Å²) >= 11 is 0. The molecule has 0 aromatic carbocycles. The number of nitrogens with zero attached hydrogens (tertiary/aromatic N) is 2. The molecule has 0 aliphatic heterocycles. The molecule has 45 valence electrons. The van der Waals surface area contributed by atoms with Gasteiger partial charge in [0, 0.05) is 32.7 Å². The SMILES string of the molecule is [N-]=O.[Y].[c-]1cccnc1. The van der Waals surface area contributed by atoms with Crippen LogP contribution in [-0.2, 0) is 32.7 Å². The third kappa shape index (κ3) is 7.85. The number of aromatic nitrogens is 1. The monoisotopic (exact) mass is 197 g/mol. The van der Waals surface area contributed by atoms with Gasteiger partial charge in [-0.15, -0.1) is 0 Å². The Morgan fingerprint density at radius 2 is 2.11 bits per heavy atom. The molecule has 0 unspecified atom stereocenters. The van der Waals surface area contributed by atoms with Gasteiger partial charge in [-0.1, -0.05) is 12.4 Å². The maximum Gasteiger partial charge on any atom is 0 e. The van der Waals surface area contributed by atoms with E-state index >= 15 is 0 Å². The first-order chi connectivity index (χ1) is 4.00. The van der Waals surface area contributed by atoms with E-state index in [-0.39, 0.29) is 32.7 Å². The third-order valence-corrected chi connectivity index (χ3v) is 0.514. The van der Waals surface area contributed by atoms with Crippen LogP contribution in [0.15, 0.2) is 24.5 Å². The molecule has 1 aromatic rings. The Kier molecular flexibility index (Phi) is 13.9. The van der Waals surface area contributed by atoms with Crippen molar-refractivity contribution in [2.75, 3.05) is 0 Å². The van der Waals surface area contributed by atoms with Gasteiger partial charge in [0.15, 0.2) is 0 Å². The third-order valence-electron chi connectivity index (χ3n) is 0.514. The smallest absolute Gasteiger partial charge is 0 e. The molecule has 4 heteroatoms. The van der Waals surface area contributed by atoms with E-state index in [1.807, 2.05) is 12.1 Å². The molecule has 0 saturated carbocycles. The average Bonchev–Trinajstić information content (AvgIpc) is 1.96. The van der Waals surface area contributed by atoms with Crippen LogP contribution in [0.5, 0.6) is 0 Å². The van der Waals surface area contributed by atoms with Crippen molar-refractivity contribution in [2.45, 2.75) is 0 Å². The van der Waals surface area contributed by atoms with Gasteiger partial charge in [-0.2, -0.15) is 6.07 Å². The van der Waals surface area contributed by atoms with Gasteiger partial charge in [0.1, 0.15) is 0 Å². The van der Waals surface area contributed by atoms with E-state index in [0.29, 0.717) is 0 Å². The van der Waals surface area contributed by atoms with Crippen molar-refractivity contribution in [3.05, 3.63) is 41.1 Å². The Morgan fingerprint density at radius 3 is 2.22 bits per heavy atom. The van der Waals surface area contributed by atoms with Crippen LogP contribution in [0, 0.1) is 11.0 Å². The van der Waals surface area contributed by atoms with E-state index in [1.165, 1.54) is 0 Å². The van der Waals surface area contributed by atoms with E-state index in [2.05, 4.69) is 11.1 Å². The first kappa shape index (κ1) is 11.6. The van der Waals surface area contributed by atoms with Crippen LogP contribution in [0.3, 0.4) is 0 Å². The van der Waals surface area contributed by atoms with E-state index in [0.717, 1.165) is 0 Å². The summed E-state index contributed by atoms with van der Waals surface area (Å²) in [4.78, 5) is 11.0. The summed E-state index contributed by atoms with van der Waals surface area (Å²) < 4.78 is 0. The normalized spacial score (nSPS) is 5.78. The predicted molar refractivity (Wildman–Crippen MR) is 29.8 cm³/mol. The minimum Gasteiger partial charge on any atom is -0.577 e. The van der Waals surface area contributed by atoms with Crippen LogP contribution in [0.4, 0.5) is 0 Å². The largest absolute Gasteiger partial charge is 0.577 e. The topological polar surface area (TPSA) is 52.3 Å². The van der Waals surface area contributed by atoms with Gasteiger partial charge in [-0.25, -0.2) is 12.1 Å². The molecule has 0 bridgehead atoms. The zero-order chi connectivity index (χ0) is 6.24. The van der Waals surface area contributed by atoms with Crippen molar-refractivity contribution in [2.24, 2.45) is 0 Å². The van der Waals surface area contributed by atoms with Crippen molar-refractivity contribution in [1.82, 2.24) is 4.98 Å². The fourth-order valence-electron chi connectivity index (χ4n) is 0.277. The molecule has 0 spiro atoms. The molecule has 1 radical (unpaired) electrons. The van der Waals surface area contributed by atoms with Crippen LogP contribution < -0.4 is 0 Å². The quantitative estimate of drug-likeness (QED) is 0.586. The Bertz CT molecular complexity index is 97.8. The van der Waals surface area contributed by atoms with Gasteiger partial charge in [-0.3, -0.25) is 0 Å². The van der Waals surface area contributed by atoms with Gasteiger partial charge in [0.05, 0.1) is 0 Å². The molecule has 1 rings (SSSR count). The molecule has 0 saturated heterocycles. The van der Waals surface area contributed by atoms with Crippen LogP contribution in [0.1, 0.15) is 0 Å². The second kappa shape index (κ2) is 10.8. The number of pyridine rings is 1. The predicted octanol–water partition coefficient (Wildman–Crippen LogP) is 1.20. The number of hydrogen-bond acceptors (Lipinski definition) is 2. The summed E-state index contributed by atoms with van der Waals surface area (Å²) in [5.41, 5.74) is 5.75.